The number of hydrogen-bond donors (Lipinski definition) is 0. The van der Waals surface area contributed by atoms with E-state index in [1.165, 1.54) is 43.5 Å². The molecule has 0 saturated carbocycles. The molecule has 4 nitrogen and oxygen atoms in total. The smallest absolute Gasteiger partial charge is 0.338 e. The lowest BCUT2D eigenvalue weighted by atomic mass is 9.97. The molecule has 0 aliphatic heterocycles. The van der Waals surface area contributed by atoms with Crippen LogP contribution in [0, 0.1) is 0 Å². The van der Waals surface area contributed by atoms with Crippen molar-refractivity contribution in [3.05, 3.63) is 70.2 Å². The van der Waals surface area contributed by atoms with Gasteiger partial charge in [-0.3, -0.25) is 9.59 Å². The van der Waals surface area contributed by atoms with Gasteiger partial charge in [0.25, 0.3) is 0 Å². The number of Topliss-reactive ketones (excluding diaryl/α,β-unsaturated/α-hetero) is 2. The van der Waals surface area contributed by atoms with E-state index in [1.54, 1.807) is 12.1 Å². The molecule has 0 saturated heterocycles. The van der Waals surface area contributed by atoms with Gasteiger partial charge in [0.1, 0.15) is 0 Å². The minimum absolute atomic E-state index is 0.0179. The second kappa shape index (κ2) is 6.33. The zero-order valence-corrected chi connectivity index (χ0v) is 11.9. The first-order valence-electron chi connectivity index (χ1n) is 6.06. The van der Waals surface area contributed by atoms with Gasteiger partial charge in [-0.1, -0.05) is 29.8 Å². The van der Waals surface area contributed by atoms with Crippen molar-refractivity contribution in [2.45, 2.75) is 0 Å². The Morgan fingerprint density at radius 2 is 1.43 bits per heavy atom. The van der Waals surface area contributed by atoms with Gasteiger partial charge in [-0.2, -0.15) is 0 Å². The summed E-state index contributed by atoms with van der Waals surface area (Å²) < 4.78 is 4.61. The number of ether oxygens (including phenoxy) is 1. The van der Waals surface area contributed by atoms with Crippen LogP contribution in [-0.2, 0) is 4.74 Å². The van der Waals surface area contributed by atoms with Crippen LogP contribution in [0.15, 0.2) is 48.5 Å². The fourth-order valence-electron chi connectivity index (χ4n) is 1.82. The van der Waals surface area contributed by atoms with E-state index in [0.29, 0.717) is 5.02 Å². The molecule has 2 rings (SSSR count). The minimum atomic E-state index is -0.765. The molecule has 0 atom stereocenters. The lowest BCUT2D eigenvalue weighted by Crippen LogP contribution is -2.18. The Bertz CT molecular complexity index is 704. The quantitative estimate of drug-likeness (QED) is 0.494. The summed E-state index contributed by atoms with van der Waals surface area (Å²) in [6.45, 7) is 0. The van der Waals surface area contributed by atoms with E-state index in [-0.39, 0.29) is 16.7 Å². The van der Waals surface area contributed by atoms with E-state index < -0.39 is 17.5 Å². The Hall–Kier alpha value is -2.46. The van der Waals surface area contributed by atoms with E-state index in [0.717, 1.165) is 0 Å². The van der Waals surface area contributed by atoms with Crippen LogP contribution < -0.4 is 0 Å². The van der Waals surface area contributed by atoms with Gasteiger partial charge in [-0.25, -0.2) is 4.79 Å². The molecule has 2 aromatic rings. The topological polar surface area (TPSA) is 60.4 Å². The lowest BCUT2D eigenvalue weighted by molar-refractivity contribution is 0.0597. The molecule has 106 valence electrons. The average molecular weight is 303 g/mol. The number of benzene rings is 2. The highest BCUT2D eigenvalue weighted by Gasteiger charge is 2.23. The van der Waals surface area contributed by atoms with Crippen LogP contribution in [0.25, 0.3) is 0 Å². The van der Waals surface area contributed by atoms with Crippen LogP contribution in [0.1, 0.15) is 31.1 Å². The number of methoxy groups -OCH3 is 1. The van der Waals surface area contributed by atoms with E-state index in [9.17, 15) is 14.4 Å². The number of carbonyl (C=O) groups excluding carboxylic acids is 3. The van der Waals surface area contributed by atoms with Crippen molar-refractivity contribution in [3.8, 4) is 0 Å². The van der Waals surface area contributed by atoms with E-state index in [2.05, 4.69) is 4.74 Å². The maximum absolute atomic E-state index is 12.3. The van der Waals surface area contributed by atoms with E-state index in [4.69, 9.17) is 11.6 Å². The molecule has 2 aromatic carbocycles. The SMILES string of the molecule is COC(=O)c1ccccc1C(=O)C(=O)c1ccc(Cl)cc1. The zero-order chi connectivity index (χ0) is 15.4. The molecule has 0 aliphatic carbocycles. The van der Waals surface area contributed by atoms with Gasteiger partial charge in [-0.15, -0.1) is 0 Å². The second-order valence-corrected chi connectivity index (χ2v) is 4.64. The van der Waals surface area contributed by atoms with E-state index in [1.807, 2.05) is 0 Å². The number of hydrogen-bond acceptors (Lipinski definition) is 4. The highest BCUT2D eigenvalue weighted by atomic mass is 35.5. The molecule has 0 fully saturated rings. The van der Waals surface area contributed by atoms with Gasteiger partial charge in [0, 0.05) is 16.1 Å². The number of carbonyl (C=O) groups is 3. The van der Waals surface area contributed by atoms with Gasteiger partial charge in [-0.05, 0) is 30.3 Å². The highest BCUT2D eigenvalue weighted by Crippen LogP contribution is 2.16. The third kappa shape index (κ3) is 3.17. The van der Waals surface area contributed by atoms with Crippen molar-refractivity contribution < 1.29 is 19.1 Å². The third-order valence-corrected chi connectivity index (χ3v) is 3.14. The third-order valence-electron chi connectivity index (χ3n) is 2.89. The molecule has 0 spiro atoms. The Morgan fingerprint density at radius 3 is 2.00 bits per heavy atom. The first-order valence-corrected chi connectivity index (χ1v) is 6.44. The Balaban J connectivity index is 2.38. The van der Waals surface area contributed by atoms with Gasteiger partial charge in [0.05, 0.1) is 12.7 Å². The molecule has 0 radical (unpaired) electrons. The molecule has 0 bridgehead atoms. The van der Waals surface area contributed by atoms with Crippen molar-refractivity contribution in [1.82, 2.24) is 0 Å². The molecule has 0 amide bonds. The Labute approximate surface area is 126 Å². The highest BCUT2D eigenvalue weighted by molar-refractivity contribution is 6.50. The molecule has 0 aliphatic rings. The van der Waals surface area contributed by atoms with Crippen LogP contribution in [0.5, 0.6) is 0 Å². The van der Waals surface area contributed by atoms with Crippen LogP contribution in [0.4, 0.5) is 0 Å². The summed E-state index contributed by atoms with van der Waals surface area (Å²) in [4.78, 5) is 36.1. The van der Waals surface area contributed by atoms with Crippen molar-refractivity contribution >= 4 is 29.1 Å². The Kier molecular flexibility index (Phi) is 4.50. The first kappa shape index (κ1) is 14.9. The van der Waals surface area contributed by atoms with Gasteiger partial charge in [0.2, 0.25) is 11.6 Å². The van der Waals surface area contributed by atoms with Crippen molar-refractivity contribution in [1.29, 1.82) is 0 Å². The van der Waals surface area contributed by atoms with E-state index >= 15 is 0 Å². The minimum Gasteiger partial charge on any atom is -0.465 e. The lowest BCUT2D eigenvalue weighted by Gasteiger charge is -2.06. The molecular weight excluding hydrogens is 292 g/mol. The molecule has 21 heavy (non-hydrogen) atoms. The van der Waals surface area contributed by atoms with Crippen molar-refractivity contribution in [2.75, 3.05) is 7.11 Å². The van der Waals surface area contributed by atoms with Gasteiger partial charge < -0.3 is 4.74 Å². The number of esters is 1. The normalized spacial score (nSPS) is 10.0. The number of ketones is 2. The fourth-order valence-corrected chi connectivity index (χ4v) is 1.95. The standard InChI is InChI=1S/C16H11ClO4/c1-21-16(20)13-5-3-2-4-12(13)15(19)14(18)10-6-8-11(17)9-7-10/h2-9H,1H3. The monoisotopic (exact) mass is 302 g/mol. The summed E-state index contributed by atoms with van der Waals surface area (Å²) in [5, 5.41) is 0.467. The molecule has 0 unspecified atom stereocenters. The number of rotatable bonds is 4. The fraction of sp³-hybridized carbons (Fsp3) is 0.0625. The molecule has 0 N–H and O–H groups in total. The van der Waals surface area contributed by atoms with Crippen molar-refractivity contribution in [3.63, 3.8) is 0 Å². The summed E-state index contributed by atoms with van der Waals surface area (Å²) in [7, 11) is 1.21. The van der Waals surface area contributed by atoms with Crippen LogP contribution in [0.2, 0.25) is 5.02 Å². The average Bonchev–Trinajstić information content (AvgIpc) is 2.53. The maximum atomic E-state index is 12.3. The first-order chi connectivity index (χ1) is 10.0. The number of halogens is 1. The summed E-state index contributed by atoms with van der Waals surface area (Å²) in [6, 6.07) is 12.0. The molecular formula is C16H11ClO4. The van der Waals surface area contributed by atoms with Crippen LogP contribution in [0.3, 0.4) is 0 Å². The summed E-state index contributed by atoms with van der Waals surface area (Å²) in [5.41, 5.74) is 0.292. The largest absolute Gasteiger partial charge is 0.465 e. The maximum Gasteiger partial charge on any atom is 0.338 e. The predicted molar refractivity (Wildman–Crippen MR) is 77.9 cm³/mol. The predicted octanol–water partition coefficient (Wildman–Crippen LogP) is 3.19. The van der Waals surface area contributed by atoms with Crippen molar-refractivity contribution in [2.24, 2.45) is 0 Å². The second-order valence-electron chi connectivity index (χ2n) is 4.20. The molecule has 0 aromatic heterocycles. The molecule has 5 heteroatoms. The van der Waals surface area contributed by atoms with Crippen LogP contribution in [-0.4, -0.2) is 24.6 Å². The summed E-state index contributed by atoms with van der Waals surface area (Å²) in [5.74, 6) is -2.14. The molecule has 0 heterocycles. The van der Waals surface area contributed by atoms with Gasteiger partial charge >= 0.3 is 5.97 Å². The Morgan fingerprint density at radius 1 is 0.857 bits per heavy atom. The summed E-state index contributed by atoms with van der Waals surface area (Å²) in [6.07, 6.45) is 0. The summed E-state index contributed by atoms with van der Waals surface area (Å²) >= 11 is 5.74. The van der Waals surface area contributed by atoms with Gasteiger partial charge in [0.15, 0.2) is 0 Å². The van der Waals surface area contributed by atoms with Crippen LogP contribution >= 0.6 is 11.6 Å². The zero-order valence-electron chi connectivity index (χ0n) is 11.1.